The second-order valence-electron chi connectivity index (χ2n) is 9.87. The Labute approximate surface area is 259 Å². The number of alkyl halides is 3. The Kier molecular flexibility index (Phi) is 11.0. The predicted molar refractivity (Wildman–Crippen MR) is 158 cm³/mol. The number of aromatic carboxylic acids is 1. The number of nitrogens with two attached hydrogens (primary N) is 1. The SMILES string of the molecule is CN(C)C(=O)COc1ccc(C(Cc2ccc(C(=N)N)cc2)c2nn(-c3ccccc3C(=O)O)c(=O)[nH]2)cc1.O=C(O)C(F)(F)F. The molecule has 13 nitrogen and oxygen atoms in total. The van der Waals surface area contributed by atoms with E-state index < -0.39 is 29.7 Å². The number of halogens is 3. The lowest BCUT2D eigenvalue weighted by Crippen LogP contribution is -2.27. The van der Waals surface area contributed by atoms with Crippen LogP contribution in [0.2, 0.25) is 0 Å². The van der Waals surface area contributed by atoms with Gasteiger partial charge in [0.1, 0.15) is 17.4 Å². The topological polar surface area (TPSA) is 205 Å². The monoisotopic (exact) mass is 642 g/mol. The summed E-state index contributed by atoms with van der Waals surface area (Å²) in [5.41, 5.74) is 7.41. The van der Waals surface area contributed by atoms with Crippen molar-refractivity contribution in [3.05, 3.63) is 111 Å². The summed E-state index contributed by atoms with van der Waals surface area (Å²) in [4.78, 5) is 49.7. The summed E-state index contributed by atoms with van der Waals surface area (Å²) in [6.45, 7) is -0.0982. The van der Waals surface area contributed by atoms with Crippen molar-refractivity contribution in [2.45, 2.75) is 18.5 Å². The molecule has 0 aliphatic rings. The lowest BCUT2D eigenvalue weighted by Gasteiger charge is -2.16. The first-order valence-electron chi connectivity index (χ1n) is 13.3. The molecule has 4 aromatic rings. The summed E-state index contributed by atoms with van der Waals surface area (Å²) in [6, 6.07) is 20.5. The maximum Gasteiger partial charge on any atom is 0.490 e. The van der Waals surface area contributed by atoms with Crippen molar-refractivity contribution in [2.75, 3.05) is 20.7 Å². The number of amidine groups is 1. The fraction of sp³-hybridized carbons (Fsp3) is 0.200. The van der Waals surface area contributed by atoms with E-state index in [-0.39, 0.29) is 29.6 Å². The summed E-state index contributed by atoms with van der Waals surface area (Å²) in [5, 5.41) is 28.8. The number of carboxylic acid groups (broad SMARTS) is 2. The number of rotatable bonds is 10. The molecule has 0 fully saturated rings. The Bertz CT molecular complexity index is 1770. The van der Waals surface area contributed by atoms with Crippen molar-refractivity contribution in [3.8, 4) is 11.4 Å². The molecule has 46 heavy (non-hydrogen) atoms. The number of nitrogens with zero attached hydrogens (tertiary/aromatic N) is 3. The van der Waals surface area contributed by atoms with Gasteiger partial charge < -0.3 is 25.6 Å². The average molecular weight is 643 g/mol. The standard InChI is InChI=1S/C28H28N6O5.C2HF3O2/c1-33(2)24(35)16-39-20-13-11-18(12-14-20)22(15-17-7-9-19(10-8-17)25(29)30)26-31-28(38)34(32-26)23-6-4-3-5-21(23)27(36)37;3-2(4,5)1(6)7/h3-14,22H,15-16H2,1-2H3,(H3,29,30)(H,36,37)(H,31,32,38);(H,6,7). The van der Waals surface area contributed by atoms with Crippen LogP contribution >= 0.6 is 0 Å². The number of aromatic nitrogens is 3. The predicted octanol–water partition coefficient (Wildman–Crippen LogP) is 3.02. The molecule has 0 radical (unpaired) electrons. The highest BCUT2D eigenvalue weighted by Gasteiger charge is 2.38. The molecule has 4 rings (SSSR count). The fourth-order valence-corrected chi connectivity index (χ4v) is 4.00. The quantitative estimate of drug-likeness (QED) is 0.127. The molecule has 6 N–H and O–H groups in total. The summed E-state index contributed by atoms with van der Waals surface area (Å²) < 4.78 is 38.4. The van der Waals surface area contributed by atoms with Gasteiger partial charge in [-0.05, 0) is 41.8 Å². The zero-order valence-electron chi connectivity index (χ0n) is 24.4. The number of ether oxygens (including phenoxy) is 1. The summed E-state index contributed by atoms with van der Waals surface area (Å²) in [6.07, 6.45) is -4.65. The number of likely N-dealkylation sites (N-methyl/N-ethyl adjacent to an activating group) is 1. The van der Waals surface area contributed by atoms with E-state index in [0.717, 1.165) is 15.8 Å². The van der Waals surface area contributed by atoms with E-state index in [9.17, 15) is 32.7 Å². The molecule has 3 aromatic carbocycles. The number of H-pyrrole nitrogens is 1. The number of amides is 1. The van der Waals surface area contributed by atoms with Gasteiger partial charge in [-0.2, -0.15) is 17.9 Å². The van der Waals surface area contributed by atoms with Crippen LogP contribution in [0.1, 0.15) is 38.8 Å². The van der Waals surface area contributed by atoms with Crippen LogP contribution in [0.3, 0.4) is 0 Å². The number of carbonyl (C=O) groups excluding carboxylic acids is 1. The average Bonchev–Trinajstić information content (AvgIpc) is 3.39. The Balaban J connectivity index is 0.000000738. The Hall–Kier alpha value is -5.93. The second-order valence-corrected chi connectivity index (χ2v) is 9.87. The zero-order chi connectivity index (χ0) is 34.2. The van der Waals surface area contributed by atoms with Crippen LogP contribution in [0.5, 0.6) is 5.75 Å². The Morgan fingerprint density at radius 2 is 1.61 bits per heavy atom. The molecule has 1 heterocycles. The van der Waals surface area contributed by atoms with Crippen molar-refractivity contribution in [2.24, 2.45) is 5.73 Å². The Morgan fingerprint density at radius 1 is 1.02 bits per heavy atom. The zero-order valence-corrected chi connectivity index (χ0v) is 24.4. The molecule has 1 amide bonds. The first kappa shape index (κ1) is 34.6. The van der Waals surface area contributed by atoms with Crippen LogP contribution in [0.15, 0.2) is 77.6 Å². The summed E-state index contributed by atoms with van der Waals surface area (Å²) >= 11 is 0. The van der Waals surface area contributed by atoms with E-state index in [1.807, 2.05) is 24.3 Å². The molecule has 1 atom stereocenters. The van der Waals surface area contributed by atoms with E-state index in [0.29, 0.717) is 23.6 Å². The van der Waals surface area contributed by atoms with Gasteiger partial charge in [-0.1, -0.05) is 48.5 Å². The van der Waals surface area contributed by atoms with Gasteiger partial charge in [0.15, 0.2) is 6.61 Å². The van der Waals surface area contributed by atoms with Gasteiger partial charge in [0, 0.05) is 25.6 Å². The van der Waals surface area contributed by atoms with Gasteiger partial charge in [-0.3, -0.25) is 15.2 Å². The number of carbonyl (C=O) groups is 3. The molecule has 0 aliphatic carbocycles. The third kappa shape index (κ3) is 9.04. The third-order valence-electron chi connectivity index (χ3n) is 6.42. The van der Waals surface area contributed by atoms with Gasteiger partial charge in [0.05, 0.1) is 11.3 Å². The van der Waals surface area contributed by atoms with Crippen molar-refractivity contribution in [1.29, 1.82) is 5.41 Å². The van der Waals surface area contributed by atoms with E-state index >= 15 is 0 Å². The minimum absolute atomic E-state index is 0.0402. The molecule has 242 valence electrons. The highest BCUT2D eigenvalue weighted by molar-refractivity contribution is 5.95. The third-order valence-corrected chi connectivity index (χ3v) is 6.42. The number of aromatic amines is 1. The number of hydrogen-bond acceptors (Lipinski definition) is 7. The van der Waals surface area contributed by atoms with Gasteiger partial charge >= 0.3 is 23.8 Å². The van der Waals surface area contributed by atoms with Crippen LogP contribution in [0, 0.1) is 5.41 Å². The molecule has 0 spiro atoms. The first-order chi connectivity index (χ1) is 21.6. The second kappa shape index (κ2) is 14.7. The van der Waals surface area contributed by atoms with Crippen molar-refractivity contribution < 1.29 is 42.5 Å². The molecule has 0 aliphatic heterocycles. The van der Waals surface area contributed by atoms with Gasteiger partial charge in [-0.25, -0.2) is 14.4 Å². The molecule has 16 heteroatoms. The number of para-hydroxylation sites is 1. The molecule has 1 aromatic heterocycles. The van der Waals surface area contributed by atoms with Crippen LogP contribution in [-0.4, -0.2) is 80.4 Å². The van der Waals surface area contributed by atoms with Crippen molar-refractivity contribution in [3.63, 3.8) is 0 Å². The maximum absolute atomic E-state index is 12.9. The van der Waals surface area contributed by atoms with Crippen molar-refractivity contribution in [1.82, 2.24) is 19.7 Å². The number of nitrogen functional groups attached to an aromatic ring is 1. The Morgan fingerprint density at radius 3 is 2.13 bits per heavy atom. The molecule has 0 bridgehead atoms. The minimum atomic E-state index is -5.08. The lowest BCUT2D eigenvalue weighted by molar-refractivity contribution is -0.192. The van der Waals surface area contributed by atoms with E-state index in [4.69, 9.17) is 25.8 Å². The molecular formula is C30H29F3N6O7. The first-order valence-corrected chi connectivity index (χ1v) is 13.3. The number of aliphatic carboxylic acids is 1. The highest BCUT2D eigenvalue weighted by Crippen LogP contribution is 2.28. The molecule has 0 saturated carbocycles. The minimum Gasteiger partial charge on any atom is -0.484 e. The van der Waals surface area contributed by atoms with Crippen LogP contribution in [0.25, 0.3) is 5.69 Å². The normalized spacial score (nSPS) is 11.5. The van der Waals surface area contributed by atoms with Crippen LogP contribution in [-0.2, 0) is 16.0 Å². The van der Waals surface area contributed by atoms with Crippen LogP contribution < -0.4 is 16.2 Å². The molecular weight excluding hydrogens is 613 g/mol. The number of nitrogens with one attached hydrogen (secondary N) is 2. The van der Waals surface area contributed by atoms with Gasteiger partial charge in [0.2, 0.25) is 0 Å². The van der Waals surface area contributed by atoms with Crippen molar-refractivity contribution >= 4 is 23.7 Å². The maximum atomic E-state index is 12.9. The summed E-state index contributed by atoms with van der Waals surface area (Å²) in [7, 11) is 3.30. The lowest BCUT2D eigenvalue weighted by atomic mass is 9.91. The van der Waals surface area contributed by atoms with E-state index in [1.54, 1.807) is 50.5 Å². The fourth-order valence-electron chi connectivity index (χ4n) is 4.00. The number of hydrogen-bond donors (Lipinski definition) is 5. The van der Waals surface area contributed by atoms with Gasteiger partial charge in [0.25, 0.3) is 5.91 Å². The van der Waals surface area contributed by atoms with E-state index in [1.165, 1.54) is 17.0 Å². The smallest absolute Gasteiger partial charge is 0.484 e. The van der Waals surface area contributed by atoms with Crippen LogP contribution in [0.4, 0.5) is 13.2 Å². The highest BCUT2D eigenvalue weighted by atomic mass is 19.4. The van der Waals surface area contributed by atoms with E-state index in [2.05, 4.69) is 10.1 Å². The molecule has 0 saturated heterocycles. The number of carboxylic acids is 2. The summed E-state index contributed by atoms with van der Waals surface area (Å²) in [5.74, 6) is -3.71. The largest absolute Gasteiger partial charge is 0.490 e. The van der Waals surface area contributed by atoms with Gasteiger partial charge in [-0.15, -0.1) is 5.10 Å². The molecule has 1 unspecified atom stereocenters. The number of benzene rings is 3.